The van der Waals surface area contributed by atoms with Crippen molar-refractivity contribution in [3.8, 4) is 0 Å². The number of ether oxygens (including phenoxy) is 2. The normalized spacial score (nSPS) is 15.2. The Morgan fingerprint density at radius 3 is 2.56 bits per heavy atom. The SMILES string of the molecule is C[C@H](OC(=O)CCNC(=O)Nc1ccccc1)C(=O)N1CCOCC1. The van der Waals surface area contributed by atoms with Gasteiger partial charge >= 0.3 is 12.0 Å². The Hall–Kier alpha value is -2.61. The van der Waals surface area contributed by atoms with Crippen LogP contribution in [0.1, 0.15) is 13.3 Å². The van der Waals surface area contributed by atoms with Crippen molar-refractivity contribution >= 4 is 23.6 Å². The van der Waals surface area contributed by atoms with Gasteiger partial charge < -0.3 is 25.0 Å². The Morgan fingerprint density at radius 1 is 1.20 bits per heavy atom. The van der Waals surface area contributed by atoms with Gasteiger partial charge in [-0.05, 0) is 19.1 Å². The maximum Gasteiger partial charge on any atom is 0.319 e. The Morgan fingerprint density at radius 2 is 1.88 bits per heavy atom. The van der Waals surface area contributed by atoms with Crippen molar-refractivity contribution in [3.05, 3.63) is 30.3 Å². The predicted octanol–water partition coefficient (Wildman–Crippen LogP) is 0.989. The molecule has 8 heteroatoms. The summed E-state index contributed by atoms with van der Waals surface area (Å²) in [7, 11) is 0. The van der Waals surface area contributed by atoms with Gasteiger partial charge in [0, 0.05) is 25.3 Å². The third kappa shape index (κ3) is 6.42. The van der Waals surface area contributed by atoms with Gasteiger partial charge in [0.05, 0.1) is 19.6 Å². The quantitative estimate of drug-likeness (QED) is 0.747. The van der Waals surface area contributed by atoms with E-state index in [0.29, 0.717) is 32.0 Å². The summed E-state index contributed by atoms with van der Waals surface area (Å²) in [5.74, 6) is -0.763. The highest BCUT2D eigenvalue weighted by Gasteiger charge is 2.25. The van der Waals surface area contributed by atoms with E-state index in [-0.39, 0.29) is 18.9 Å². The first-order chi connectivity index (χ1) is 12.1. The van der Waals surface area contributed by atoms with Crippen molar-refractivity contribution in [2.45, 2.75) is 19.4 Å². The van der Waals surface area contributed by atoms with Crippen LogP contribution < -0.4 is 10.6 Å². The number of carbonyl (C=O) groups is 3. The molecule has 3 amide bonds. The fraction of sp³-hybridized carbons (Fsp3) is 0.471. The highest BCUT2D eigenvalue weighted by atomic mass is 16.5. The number of para-hydroxylation sites is 1. The number of carbonyl (C=O) groups excluding carboxylic acids is 3. The molecule has 1 heterocycles. The minimum absolute atomic E-state index is 0.0110. The number of benzene rings is 1. The van der Waals surface area contributed by atoms with Gasteiger partial charge in [-0.2, -0.15) is 0 Å². The van der Waals surface area contributed by atoms with Gasteiger partial charge in [-0.1, -0.05) is 18.2 Å². The molecule has 2 N–H and O–H groups in total. The van der Waals surface area contributed by atoms with E-state index in [1.54, 1.807) is 36.1 Å². The minimum Gasteiger partial charge on any atom is -0.452 e. The molecule has 0 radical (unpaired) electrons. The van der Waals surface area contributed by atoms with Crippen LogP contribution in [0.2, 0.25) is 0 Å². The second-order valence-electron chi connectivity index (χ2n) is 5.57. The zero-order valence-electron chi connectivity index (χ0n) is 14.2. The van der Waals surface area contributed by atoms with Crippen molar-refractivity contribution in [3.63, 3.8) is 0 Å². The van der Waals surface area contributed by atoms with Crippen LogP contribution in [0.5, 0.6) is 0 Å². The lowest BCUT2D eigenvalue weighted by molar-refractivity contribution is -0.160. The number of morpholine rings is 1. The van der Waals surface area contributed by atoms with Gasteiger partial charge in [0.15, 0.2) is 6.10 Å². The number of nitrogens with one attached hydrogen (secondary N) is 2. The lowest BCUT2D eigenvalue weighted by Gasteiger charge is -2.28. The van der Waals surface area contributed by atoms with Crippen LogP contribution in [0.3, 0.4) is 0 Å². The van der Waals surface area contributed by atoms with E-state index in [4.69, 9.17) is 9.47 Å². The first-order valence-electron chi connectivity index (χ1n) is 8.22. The molecule has 0 spiro atoms. The third-order valence-electron chi connectivity index (χ3n) is 3.63. The van der Waals surface area contributed by atoms with Crippen molar-refractivity contribution in [1.82, 2.24) is 10.2 Å². The smallest absolute Gasteiger partial charge is 0.319 e. The fourth-order valence-electron chi connectivity index (χ4n) is 2.32. The van der Waals surface area contributed by atoms with Gasteiger partial charge in [-0.3, -0.25) is 9.59 Å². The number of hydrogen-bond donors (Lipinski definition) is 2. The zero-order chi connectivity index (χ0) is 18.1. The lowest BCUT2D eigenvalue weighted by atomic mass is 10.3. The van der Waals surface area contributed by atoms with E-state index < -0.39 is 18.1 Å². The molecule has 1 aromatic carbocycles. The van der Waals surface area contributed by atoms with Crippen LogP contribution in [0.15, 0.2) is 30.3 Å². The molecule has 1 atom stereocenters. The first-order valence-corrected chi connectivity index (χ1v) is 8.22. The summed E-state index contributed by atoms with van der Waals surface area (Å²) in [6, 6.07) is 8.56. The van der Waals surface area contributed by atoms with Crippen molar-refractivity contribution in [2.75, 3.05) is 38.2 Å². The average molecular weight is 349 g/mol. The molecule has 1 aliphatic rings. The standard InChI is InChI=1S/C17H23N3O5/c1-13(16(22)20-9-11-24-12-10-20)25-15(21)7-8-18-17(23)19-14-5-3-2-4-6-14/h2-6,13H,7-12H2,1H3,(H2,18,19,23)/t13-/m0/s1. The Bertz CT molecular complexity index is 587. The van der Waals surface area contributed by atoms with Crippen molar-refractivity contribution in [1.29, 1.82) is 0 Å². The van der Waals surface area contributed by atoms with Gasteiger partial charge in [0.2, 0.25) is 0 Å². The second-order valence-corrected chi connectivity index (χ2v) is 5.57. The van der Waals surface area contributed by atoms with E-state index in [0.717, 1.165) is 0 Å². The largest absolute Gasteiger partial charge is 0.452 e. The average Bonchev–Trinajstić information content (AvgIpc) is 2.62. The summed E-state index contributed by atoms with van der Waals surface area (Å²) >= 11 is 0. The van der Waals surface area contributed by atoms with Gasteiger partial charge in [-0.25, -0.2) is 4.79 Å². The van der Waals surface area contributed by atoms with Crippen LogP contribution >= 0.6 is 0 Å². The van der Waals surface area contributed by atoms with Gasteiger partial charge in [0.25, 0.3) is 5.91 Å². The molecule has 2 rings (SSSR count). The number of anilines is 1. The molecule has 0 unspecified atom stereocenters. The monoisotopic (exact) mass is 349 g/mol. The Kier molecular flexibility index (Phi) is 7.21. The number of rotatable bonds is 6. The predicted molar refractivity (Wildman–Crippen MR) is 91.0 cm³/mol. The molecule has 0 aromatic heterocycles. The fourth-order valence-corrected chi connectivity index (χ4v) is 2.32. The van der Waals surface area contributed by atoms with Crippen molar-refractivity contribution < 1.29 is 23.9 Å². The summed E-state index contributed by atoms with van der Waals surface area (Å²) in [4.78, 5) is 37.2. The van der Waals surface area contributed by atoms with E-state index >= 15 is 0 Å². The number of urea groups is 1. The molecule has 25 heavy (non-hydrogen) atoms. The van der Waals surface area contributed by atoms with Crippen LogP contribution in [0.25, 0.3) is 0 Å². The van der Waals surface area contributed by atoms with E-state index in [1.165, 1.54) is 0 Å². The number of nitrogens with zero attached hydrogens (tertiary/aromatic N) is 1. The van der Waals surface area contributed by atoms with E-state index in [9.17, 15) is 14.4 Å². The van der Waals surface area contributed by atoms with Gasteiger partial charge in [-0.15, -0.1) is 0 Å². The molecule has 136 valence electrons. The molecular weight excluding hydrogens is 326 g/mol. The topological polar surface area (TPSA) is 97.0 Å². The second kappa shape index (κ2) is 9.63. The van der Waals surface area contributed by atoms with E-state index in [1.807, 2.05) is 6.07 Å². The molecule has 0 saturated carbocycles. The van der Waals surface area contributed by atoms with Crippen LogP contribution in [0.4, 0.5) is 10.5 Å². The number of esters is 1. The van der Waals surface area contributed by atoms with E-state index in [2.05, 4.69) is 10.6 Å². The molecule has 1 fully saturated rings. The summed E-state index contributed by atoms with van der Waals surface area (Å²) in [6.07, 6.45) is -0.855. The molecule has 8 nitrogen and oxygen atoms in total. The molecule has 0 bridgehead atoms. The van der Waals surface area contributed by atoms with Crippen LogP contribution in [0, 0.1) is 0 Å². The molecule has 0 aliphatic carbocycles. The highest BCUT2D eigenvalue weighted by molar-refractivity contribution is 5.89. The first kappa shape index (κ1) is 18.7. The molecule has 1 aromatic rings. The minimum atomic E-state index is -0.844. The maximum absolute atomic E-state index is 12.1. The zero-order valence-corrected chi connectivity index (χ0v) is 14.2. The van der Waals surface area contributed by atoms with Crippen LogP contribution in [-0.4, -0.2) is 61.8 Å². The molecular formula is C17H23N3O5. The summed E-state index contributed by atoms with van der Waals surface area (Å²) in [5, 5.41) is 5.21. The maximum atomic E-state index is 12.1. The van der Waals surface area contributed by atoms with Gasteiger partial charge in [0.1, 0.15) is 0 Å². The number of hydrogen-bond acceptors (Lipinski definition) is 5. The highest BCUT2D eigenvalue weighted by Crippen LogP contribution is 2.05. The summed E-state index contributed by atoms with van der Waals surface area (Å²) in [6.45, 7) is 3.66. The molecule has 1 aliphatic heterocycles. The third-order valence-corrected chi connectivity index (χ3v) is 3.63. The Balaban J connectivity index is 1.64. The Labute approximate surface area is 146 Å². The lowest BCUT2D eigenvalue weighted by Crippen LogP contribution is -2.46. The van der Waals surface area contributed by atoms with Crippen LogP contribution in [-0.2, 0) is 19.1 Å². The number of amides is 3. The molecule has 1 saturated heterocycles. The van der Waals surface area contributed by atoms with Crippen molar-refractivity contribution in [2.24, 2.45) is 0 Å². The summed E-state index contributed by atoms with van der Waals surface area (Å²) < 4.78 is 10.3. The summed E-state index contributed by atoms with van der Waals surface area (Å²) in [5.41, 5.74) is 0.660.